The summed E-state index contributed by atoms with van der Waals surface area (Å²) in [6.45, 7) is 8.61. The molecule has 4 heteroatoms. The molecule has 1 aromatic carbocycles. The van der Waals surface area contributed by atoms with Crippen LogP contribution in [0.3, 0.4) is 0 Å². The van der Waals surface area contributed by atoms with Gasteiger partial charge in [-0.05, 0) is 92.2 Å². The molecular weight excluding hydrogens is 424 g/mol. The third-order valence-corrected chi connectivity index (χ3v) is 9.19. The van der Waals surface area contributed by atoms with E-state index in [0.29, 0.717) is 18.3 Å². The van der Waals surface area contributed by atoms with Crippen LogP contribution in [0.2, 0.25) is 0 Å². The summed E-state index contributed by atoms with van der Waals surface area (Å²) in [7, 11) is 0. The largest absolute Gasteiger partial charge is 0.454 e. The first kappa shape index (κ1) is 23.4. The van der Waals surface area contributed by atoms with E-state index in [2.05, 4.69) is 25.1 Å². The standard InChI is InChI=1S/C28H32O4.C2H6/c1-3-11-28(30)12-10-23-21-7-4-17-13-19(29)6-8-20(17)26(21)22(15-27(23,28)2)18-5-9-24-25(14-18)32-16-31-24;1-2/h3,5,9,11,13-14,21-23,30H,4,6-8,10,12,15-16H2,1-2H3;1-2H3/t21?,22?,23?,27-,28-;/m0./s1. The molecule has 6 rings (SSSR count). The number of rotatable bonds is 2. The van der Waals surface area contributed by atoms with Crippen LogP contribution in [0, 0.1) is 17.3 Å². The molecule has 182 valence electrons. The summed E-state index contributed by atoms with van der Waals surface area (Å²) < 4.78 is 11.3. The molecule has 0 bridgehead atoms. The van der Waals surface area contributed by atoms with Gasteiger partial charge in [-0.2, -0.15) is 0 Å². The van der Waals surface area contributed by atoms with Crippen molar-refractivity contribution in [2.24, 2.45) is 17.3 Å². The fraction of sp³-hybridized carbons (Fsp3) is 0.567. The van der Waals surface area contributed by atoms with Crippen LogP contribution < -0.4 is 9.47 Å². The van der Waals surface area contributed by atoms with E-state index in [1.54, 1.807) is 5.57 Å². The number of allylic oxidation sites excluding steroid dienone is 5. The van der Waals surface area contributed by atoms with Gasteiger partial charge >= 0.3 is 0 Å². The molecule has 1 heterocycles. The molecule has 0 saturated heterocycles. The van der Waals surface area contributed by atoms with Crippen LogP contribution in [-0.2, 0) is 4.79 Å². The molecule has 0 aromatic heterocycles. The van der Waals surface area contributed by atoms with Gasteiger partial charge in [-0.3, -0.25) is 4.79 Å². The molecule has 3 unspecified atom stereocenters. The minimum Gasteiger partial charge on any atom is -0.454 e. The monoisotopic (exact) mass is 462 g/mol. The lowest BCUT2D eigenvalue weighted by molar-refractivity contribution is -0.114. The second-order valence-corrected chi connectivity index (χ2v) is 10.6. The van der Waals surface area contributed by atoms with Gasteiger partial charge in [0.15, 0.2) is 17.3 Å². The zero-order valence-corrected chi connectivity index (χ0v) is 21.0. The quantitative estimate of drug-likeness (QED) is 0.500. The Hall–Kier alpha value is -2.33. The molecule has 1 aromatic rings. The maximum absolute atomic E-state index is 12.2. The van der Waals surface area contributed by atoms with E-state index in [0.717, 1.165) is 50.0 Å². The van der Waals surface area contributed by atoms with E-state index in [1.807, 2.05) is 39.0 Å². The molecule has 4 aliphatic carbocycles. The van der Waals surface area contributed by atoms with Gasteiger partial charge in [0.05, 0.1) is 5.60 Å². The lowest BCUT2D eigenvalue weighted by atomic mass is 9.51. The number of hydrogen-bond acceptors (Lipinski definition) is 4. The topological polar surface area (TPSA) is 55.8 Å². The Balaban J connectivity index is 0.00000117. The van der Waals surface area contributed by atoms with Crippen molar-refractivity contribution in [3.8, 4) is 11.5 Å². The Kier molecular flexibility index (Phi) is 6.00. The molecule has 1 aliphatic heterocycles. The van der Waals surface area contributed by atoms with Crippen LogP contribution >= 0.6 is 0 Å². The van der Waals surface area contributed by atoms with Crippen molar-refractivity contribution in [1.29, 1.82) is 0 Å². The molecule has 0 spiro atoms. The van der Waals surface area contributed by atoms with Crippen LogP contribution in [0.15, 0.2) is 53.1 Å². The summed E-state index contributed by atoms with van der Waals surface area (Å²) in [6.07, 6.45) is 12.3. The van der Waals surface area contributed by atoms with Gasteiger partial charge in [0, 0.05) is 17.8 Å². The van der Waals surface area contributed by atoms with Crippen molar-refractivity contribution >= 4 is 5.78 Å². The fourth-order valence-corrected chi connectivity index (χ4v) is 7.68. The van der Waals surface area contributed by atoms with E-state index in [4.69, 9.17) is 9.47 Å². The average Bonchev–Trinajstić information content (AvgIpc) is 3.41. The summed E-state index contributed by atoms with van der Waals surface area (Å²) in [5.74, 6) is 3.04. The SMILES string of the molecule is CC.CC=C[C@]1(O)CCC2C3CCC4=CC(=O)CCC4=C3C(c3ccc4c(c3)OCO4)C[C@@]21C. The van der Waals surface area contributed by atoms with E-state index in [9.17, 15) is 9.90 Å². The Morgan fingerprint density at radius 2 is 1.88 bits per heavy atom. The molecule has 0 amide bonds. The second-order valence-electron chi connectivity index (χ2n) is 10.6. The molecule has 34 heavy (non-hydrogen) atoms. The minimum atomic E-state index is -0.768. The van der Waals surface area contributed by atoms with Crippen LogP contribution in [0.25, 0.3) is 0 Å². The molecule has 2 fully saturated rings. The maximum Gasteiger partial charge on any atom is 0.231 e. The molecule has 5 atom stereocenters. The summed E-state index contributed by atoms with van der Waals surface area (Å²) in [6, 6.07) is 6.36. The summed E-state index contributed by atoms with van der Waals surface area (Å²) in [5.41, 5.74) is 4.54. The Morgan fingerprint density at radius 3 is 2.68 bits per heavy atom. The highest BCUT2D eigenvalue weighted by Crippen LogP contribution is 2.67. The second kappa shape index (κ2) is 8.71. The normalized spacial score (nSPS) is 35.9. The van der Waals surface area contributed by atoms with Gasteiger partial charge < -0.3 is 14.6 Å². The lowest BCUT2D eigenvalue weighted by Gasteiger charge is -2.54. The number of fused-ring (bicyclic) bond motifs is 5. The first-order valence-electron chi connectivity index (χ1n) is 13.2. The highest BCUT2D eigenvalue weighted by Gasteiger charge is 2.61. The minimum absolute atomic E-state index is 0.180. The molecule has 1 N–H and O–H groups in total. The van der Waals surface area contributed by atoms with Gasteiger partial charge in [0.25, 0.3) is 0 Å². The van der Waals surface area contributed by atoms with Crippen molar-refractivity contribution in [2.75, 3.05) is 6.79 Å². The highest BCUT2D eigenvalue weighted by molar-refractivity contribution is 5.93. The predicted molar refractivity (Wildman–Crippen MR) is 134 cm³/mol. The van der Waals surface area contributed by atoms with Gasteiger partial charge in [-0.1, -0.05) is 44.6 Å². The number of carbonyl (C=O) groups is 1. The van der Waals surface area contributed by atoms with Crippen molar-refractivity contribution < 1.29 is 19.4 Å². The van der Waals surface area contributed by atoms with Gasteiger partial charge in [0.2, 0.25) is 6.79 Å². The van der Waals surface area contributed by atoms with E-state index in [-0.39, 0.29) is 23.9 Å². The van der Waals surface area contributed by atoms with Crippen LogP contribution in [0.5, 0.6) is 11.5 Å². The van der Waals surface area contributed by atoms with Gasteiger partial charge in [-0.25, -0.2) is 0 Å². The smallest absolute Gasteiger partial charge is 0.231 e. The molecule has 2 saturated carbocycles. The Bertz CT molecular complexity index is 1080. The van der Waals surface area contributed by atoms with Crippen molar-refractivity contribution in [3.05, 3.63) is 58.7 Å². The number of aliphatic hydroxyl groups is 1. The third-order valence-electron chi connectivity index (χ3n) is 9.19. The van der Waals surface area contributed by atoms with E-state index < -0.39 is 5.60 Å². The van der Waals surface area contributed by atoms with Crippen molar-refractivity contribution in [2.45, 2.75) is 84.2 Å². The molecule has 5 aliphatic rings. The Labute approximate surface area is 203 Å². The zero-order chi connectivity index (χ0) is 24.1. The maximum atomic E-state index is 12.2. The number of ketones is 1. The molecule has 0 radical (unpaired) electrons. The lowest BCUT2D eigenvalue weighted by Crippen LogP contribution is -2.50. The summed E-state index contributed by atoms with van der Waals surface area (Å²) in [5, 5.41) is 11.8. The number of ether oxygens (including phenoxy) is 2. The van der Waals surface area contributed by atoms with Crippen LogP contribution in [0.1, 0.15) is 84.1 Å². The fourth-order valence-electron chi connectivity index (χ4n) is 7.68. The zero-order valence-electron chi connectivity index (χ0n) is 21.0. The first-order chi connectivity index (χ1) is 16.4. The van der Waals surface area contributed by atoms with Gasteiger partial charge in [0.1, 0.15) is 0 Å². The summed E-state index contributed by atoms with van der Waals surface area (Å²) in [4.78, 5) is 12.2. The van der Waals surface area contributed by atoms with Crippen molar-refractivity contribution in [3.63, 3.8) is 0 Å². The molecular formula is C30H38O4. The third kappa shape index (κ3) is 3.40. The van der Waals surface area contributed by atoms with Crippen molar-refractivity contribution in [1.82, 2.24) is 0 Å². The van der Waals surface area contributed by atoms with E-state index in [1.165, 1.54) is 16.7 Å². The summed E-state index contributed by atoms with van der Waals surface area (Å²) >= 11 is 0. The van der Waals surface area contributed by atoms with Gasteiger partial charge in [-0.15, -0.1) is 0 Å². The number of benzene rings is 1. The predicted octanol–water partition coefficient (Wildman–Crippen LogP) is 6.65. The Morgan fingerprint density at radius 1 is 1.09 bits per heavy atom. The number of hydrogen-bond donors (Lipinski definition) is 1. The van der Waals surface area contributed by atoms with Crippen LogP contribution in [0.4, 0.5) is 0 Å². The van der Waals surface area contributed by atoms with E-state index >= 15 is 0 Å². The molecule has 4 nitrogen and oxygen atoms in total. The average molecular weight is 463 g/mol. The first-order valence-corrected chi connectivity index (χ1v) is 13.2. The van der Waals surface area contributed by atoms with Crippen LogP contribution in [-0.4, -0.2) is 23.3 Å². The highest BCUT2D eigenvalue weighted by atomic mass is 16.7. The number of carbonyl (C=O) groups excluding carboxylic acids is 1.